The molecule has 1 aromatic carbocycles. The molecule has 122 valence electrons. The molecule has 0 saturated carbocycles. The lowest BCUT2D eigenvalue weighted by Crippen LogP contribution is -2.49. The van der Waals surface area contributed by atoms with E-state index >= 15 is 0 Å². The van der Waals surface area contributed by atoms with Gasteiger partial charge in [-0.1, -0.05) is 26.0 Å². The van der Waals surface area contributed by atoms with Crippen LogP contribution in [0.2, 0.25) is 0 Å². The molecule has 1 aromatic rings. The van der Waals surface area contributed by atoms with Crippen LogP contribution in [0.15, 0.2) is 24.3 Å². The Bertz CT molecular complexity index is 506. The standard InChI is InChI=1S/C16H23FN2O3/c1-11(2)15(19-12(3)20)16(21)18-9-6-10-22-14-8-5-4-7-13(14)17/h4-5,7-8,11,15H,6,9-10H2,1-3H3,(H,18,21)(H,19,20)/t15-/m1/s1. The zero-order valence-electron chi connectivity index (χ0n) is 13.2. The summed E-state index contributed by atoms with van der Waals surface area (Å²) in [6.45, 7) is 5.80. The highest BCUT2D eigenvalue weighted by Gasteiger charge is 2.22. The van der Waals surface area contributed by atoms with Gasteiger partial charge in [-0.15, -0.1) is 0 Å². The summed E-state index contributed by atoms with van der Waals surface area (Å²) in [5.74, 6) is -0.671. The maximum atomic E-state index is 13.3. The van der Waals surface area contributed by atoms with Gasteiger partial charge in [0, 0.05) is 13.5 Å². The van der Waals surface area contributed by atoms with E-state index in [0.29, 0.717) is 19.6 Å². The molecule has 2 amide bonds. The number of rotatable bonds is 8. The first-order valence-corrected chi connectivity index (χ1v) is 7.34. The van der Waals surface area contributed by atoms with Crippen molar-refractivity contribution in [3.63, 3.8) is 0 Å². The Morgan fingerprint density at radius 1 is 1.27 bits per heavy atom. The van der Waals surface area contributed by atoms with Gasteiger partial charge < -0.3 is 15.4 Å². The third-order valence-electron chi connectivity index (χ3n) is 3.02. The molecule has 0 fully saturated rings. The zero-order chi connectivity index (χ0) is 16.5. The summed E-state index contributed by atoms with van der Waals surface area (Å²) < 4.78 is 18.6. The number of ether oxygens (including phenoxy) is 1. The van der Waals surface area contributed by atoms with E-state index in [4.69, 9.17) is 4.74 Å². The van der Waals surface area contributed by atoms with E-state index in [1.54, 1.807) is 18.2 Å². The smallest absolute Gasteiger partial charge is 0.242 e. The largest absolute Gasteiger partial charge is 0.490 e. The molecule has 0 unspecified atom stereocenters. The fraction of sp³-hybridized carbons (Fsp3) is 0.500. The molecule has 2 N–H and O–H groups in total. The van der Waals surface area contributed by atoms with Crippen LogP contribution in [-0.4, -0.2) is 31.0 Å². The molecule has 0 aliphatic rings. The van der Waals surface area contributed by atoms with Gasteiger partial charge in [0.15, 0.2) is 11.6 Å². The molecule has 22 heavy (non-hydrogen) atoms. The average Bonchev–Trinajstić information content (AvgIpc) is 2.45. The Balaban J connectivity index is 2.29. The van der Waals surface area contributed by atoms with E-state index in [1.807, 2.05) is 13.8 Å². The van der Waals surface area contributed by atoms with E-state index in [-0.39, 0.29) is 23.5 Å². The van der Waals surface area contributed by atoms with Crippen molar-refractivity contribution in [1.29, 1.82) is 0 Å². The molecule has 0 aliphatic carbocycles. The van der Waals surface area contributed by atoms with E-state index in [9.17, 15) is 14.0 Å². The molecular weight excluding hydrogens is 287 g/mol. The summed E-state index contributed by atoms with van der Waals surface area (Å²) in [4.78, 5) is 23.1. The summed E-state index contributed by atoms with van der Waals surface area (Å²) in [5.41, 5.74) is 0. The van der Waals surface area contributed by atoms with Gasteiger partial charge in [-0.05, 0) is 24.5 Å². The van der Waals surface area contributed by atoms with Crippen LogP contribution in [0.1, 0.15) is 27.2 Å². The minimum absolute atomic E-state index is 0.00133. The first-order chi connectivity index (χ1) is 10.4. The van der Waals surface area contributed by atoms with Gasteiger partial charge in [-0.25, -0.2) is 4.39 Å². The molecule has 0 spiro atoms. The first kappa shape index (κ1) is 17.9. The average molecular weight is 310 g/mol. The number of hydrogen-bond donors (Lipinski definition) is 2. The number of nitrogens with one attached hydrogen (secondary N) is 2. The Labute approximate surface area is 130 Å². The van der Waals surface area contributed by atoms with Crippen LogP contribution >= 0.6 is 0 Å². The summed E-state index contributed by atoms with van der Waals surface area (Å²) in [6, 6.07) is 5.62. The lowest BCUT2D eigenvalue weighted by molar-refractivity contribution is -0.129. The predicted octanol–water partition coefficient (Wildman–Crippen LogP) is 1.87. The van der Waals surface area contributed by atoms with Gasteiger partial charge >= 0.3 is 0 Å². The van der Waals surface area contributed by atoms with Crippen LogP contribution in [-0.2, 0) is 9.59 Å². The highest BCUT2D eigenvalue weighted by atomic mass is 19.1. The predicted molar refractivity (Wildman–Crippen MR) is 82.0 cm³/mol. The van der Waals surface area contributed by atoms with Crippen LogP contribution < -0.4 is 15.4 Å². The minimum Gasteiger partial charge on any atom is -0.490 e. The maximum Gasteiger partial charge on any atom is 0.242 e. The van der Waals surface area contributed by atoms with Crippen molar-refractivity contribution in [2.24, 2.45) is 5.92 Å². The Morgan fingerprint density at radius 2 is 1.95 bits per heavy atom. The van der Waals surface area contributed by atoms with Crippen LogP contribution in [0.5, 0.6) is 5.75 Å². The Morgan fingerprint density at radius 3 is 2.55 bits per heavy atom. The second-order valence-corrected chi connectivity index (χ2v) is 5.35. The van der Waals surface area contributed by atoms with Crippen LogP contribution in [0.25, 0.3) is 0 Å². The lowest BCUT2D eigenvalue weighted by Gasteiger charge is -2.20. The summed E-state index contributed by atoms with van der Waals surface area (Å²) in [7, 11) is 0. The molecule has 0 aromatic heterocycles. The van der Waals surface area contributed by atoms with Gasteiger partial charge in [-0.3, -0.25) is 9.59 Å². The van der Waals surface area contributed by atoms with Crippen molar-refractivity contribution in [2.75, 3.05) is 13.2 Å². The van der Waals surface area contributed by atoms with E-state index in [2.05, 4.69) is 10.6 Å². The van der Waals surface area contributed by atoms with Crippen molar-refractivity contribution in [2.45, 2.75) is 33.2 Å². The van der Waals surface area contributed by atoms with Crippen LogP contribution in [0.4, 0.5) is 4.39 Å². The number of para-hydroxylation sites is 1. The quantitative estimate of drug-likeness (QED) is 0.720. The third kappa shape index (κ3) is 6.11. The molecule has 0 heterocycles. The van der Waals surface area contributed by atoms with Crippen molar-refractivity contribution < 1.29 is 18.7 Å². The van der Waals surface area contributed by atoms with Gasteiger partial charge in [0.1, 0.15) is 6.04 Å². The van der Waals surface area contributed by atoms with E-state index in [0.717, 1.165) is 0 Å². The van der Waals surface area contributed by atoms with Gasteiger partial charge in [-0.2, -0.15) is 0 Å². The van der Waals surface area contributed by atoms with Gasteiger partial charge in [0.25, 0.3) is 0 Å². The third-order valence-corrected chi connectivity index (χ3v) is 3.02. The molecule has 1 rings (SSSR count). The van der Waals surface area contributed by atoms with E-state index < -0.39 is 11.9 Å². The summed E-state index contributed by atoms with van der Waals surface area (Å²) in [5, 5.41) is 5.36. The molecule has 5 nitrogen and oxygen atoms in total. The SMILES string of the molecule is CC(=O)N[C@@H](C(=O)NCCCOc1ccccc1F)C(C)C. The molecular formula is C16H23FN2O3. The van der Waals surface area contributed by atoms with Crippen molar-refractivity contribution >= 4 is 11.8 Å². The summed E-state index contributed by atoms with van der Waals surface area (Å²) >= 11 is 0. The number of halogens is 1. The van der Waals surface area contributed by atoms with E-state index in [1.165, 1.54) is 13.0 Å². The number of hydrogen-bond acceptors (Lipinski definition) is 3. The number of benzene rings is 1. The van der Waals surface area contributed by atoms with Crippen molar-refractivity contribution in [1.82, 2.24) is 10.6 Å². The minimum atomic E-state index is -0.551. The Kier molecular flexibility index (Phi) is 7.36. The van der Waals surface area contributed by atoms with Crippen LogP contribution in [0, 0.1) is 11.7 Å². The highest BCUT2D eigenvalue weighted by Crippen LogP contribution is 2.15. The molecule has 6 heteroatoms. The second kappa shape index (κ2) is 9.02. The fourth-order valence-electron chi connectivity index (χ4n) is 1.89. The number of carbonyl (C=O) groups is 2. The zero-order valence-corrected chi connectivity index (χ0v) is 13.2. The molecule has 1 atom stereocenters. The molecule has 0 saturated heterocycles. The normalized spacial score (nSPS) is 11.9. The monoisotopic (exact) mass is 310 g/mol. The summed E-state index contributed by atoms with van der Waals surface area (Å²) in [6.07, 6.45) is 0.547. The van der Waals surface area contributed by atoms with Crippen molar-refractivity contribution in [3.05, 3.63) is 30.1 Å². The number of amides is 2. The topological polar surface area (TPSA) is 67.4 Å². The fourth-order valence-corrected chi connectivity index (χ4v) is 1.89. The number of carbonyl (C=O) groups excluding carboxylic acids is 2. The highest BCUT2D eigenvalue weighted by molar-refractivity contribution is 5.86. The van der Waals surface area contributed by atoms with Crippen LogP contribution in [0.3, 0.4) is 0 Å². The molecule has 0 aliphatic heterocycles. The first-order valence-electron chi connectivity index (χ1n) is 7.34. The molecule has 0 bridgehead atoms. The maximum absolute atomic E-state index is 13.3. The second-order valence-electron chi connectivity index (χ2n) is 5.35. The lowest BCUT2D eigenvalue weighted by atomic mass is 10.0. The Hall–Kier alpha value is -2.11. The van der Waals surface area contributed by atoms with Gasteiger partial charge in [0.2, 0.25) is 11.8 Å². The van der Waals surface area contributed by atoms with Gasteiger partial charge in [0.05, 0.1) is 6.61 Å². The molecule has 0 radical (unpaired) electrons. The van der Waals surface area contributed by atoms with Crippen molar-refractivity contribution in [3.8, 4) is 5.75 Å².